The van der Waals surface area contributed by atoms with Crippen LogP contribution in [0.3, 0.4) is 0 Å². The number of rotatable bonds is 8. The zero-order valence-corrected chi connectivity index (χ0v) is 16.1. The molecule has 0 unspecified atom stereocenters. The van der Waals surface area contributed by atoms with E-state index in [9.17, 15) is 9.59 Å². The van der Waals surface area contributed by atoms with E-state index in [1.807, 2.05) is 43.3 Å². The first-order chi connectivity index (χ1) is 14.2. The zero-order chi connectivity index (χ0) is 20.5. The Morgan fingerprint density at radius 1 is 0.793 bits per heavy atom. The first-order valence-corrected chi connectivity index (χ1v) is 9.37. The minimum absolute atomic E-state index is 0.0306. The smallest absolute Gasteiger partial charge is 0.257 e. The van der Waals surface area contributed by atoms with E-state index < -0.39 is 0 Å². The number of hydrogen-bond acceptors (Lipinski definition) is 4. The average Bonchev–Trinajstić information content (AvgIpc) is 2.75. The minimum atomic E-state index is -0.244. The Morgan fingerprint density at radius 3 is 2.17 bits per heavy atom. The van der Waals surface area contributed by atoms with E-state index >= 15 is 0 Å². The second-order valence-corrected chi connectivity index (χ2v) is 6.22. The van der Waals surface area contributed by atoms with Gasteiger partial charge in [-0.25, -0.2) is 0 Å². The third-order valence-electron chi connectivity index (χ3n) is 4.09. The first-order valence-electron chi connectivity index (χ1n) is 9.37. The number of anilines is 3. The molecule has 3 rings (SSSR count). The number of amides is 2. The summed E-state index contributed by atoms with van der Waals surface area (Å²) in [6, 6.07) is 23.5. The molecular weight excluding hydrogens is 366 g/mol. The van der Waals surface area contributed by atoms with E-state index in [0.717, 1.165) is 5.75 Å². The van der Waals surface area contributed by atoms with Crippen molar-refractivity contribution in [2.75, 3.05) is 29.1 Å². The van der Waals surface area contributed by atoms with Gasteiger partial charge in [0.2, 0.25) is 5.91 Å². The quantitative estimate of drug-likeness (QED) is 0.534. The normalized spacial score (nSPS) is 10.1. The molecule has 0 bridgehead atoms. The monoisotopic (exact) mass is 389 g/mol. The fourth-order valence-corrected chi connectivity index (χ4v) is 2.74. The molecule has 0 atom stereocenters. The summed E-state index contributed by atoms with van der Waals surface area (Å²) in [5.41, 5.74) is 2.43. The van der Waals surface area contributed by atoms with Crippen molar-refractivity contribution >= 4 is 28.9 Å². The highest BCUT2D eigenvalue weighted by Crippen LogP contribution is 2.18. The number of benzene rings is 3. The SMILES string of the molecule is CCOc1ccc(NC(=O)CNc2ccccc2C(=O)Nc2ccccc2)cc1. The van der Waals surface area contributed by atoms with Gasteiger partial charge in [-0.1, -0.05) is 30.3 Å². The Hall–Kier alpha value is -3.80. The van der Waals surface area contributed by atoms with Crippen LogP contribution in [0.5, 0.6) is 5.75 Å². The van der Waals surface area contributed by atoms with Crippen molar-refractivity contribution in [1.82, 2.24) is 0 Å². The van der Waals surface area contributed by atoms with Crippen LogP contribution >= 0.6 is 0 Å². The van der Waals surface area contributed by atoms with Gasteiger partial charge in [-0.05, 0) is 55.5 Å². The van der Waals surface area contributed by atoms with E-state index in [2.05, 4.69) is 16.0 Å². The zero-order valence-electron chi connectivity index (χ0n) is 16.1. The summed E-state index contributed by atoms with van der Waals surface area (Å²) in [5, 5.41) is 8.70. The average molecular weight is 389 g/mol. The lowest BCUT2D eigenvalue weighted by Gasteiger charge is -2.12. The van der Waals surface area contributed by atoms with Crippen molar-refractivity contribution < 1.29 is 14.3 Å². The van der Waals surface area contributed by atoms with Crippen LogP contribution in [0.2, 0.25) is 0 Å². The summed E-state index contributed by atoms with van der Waals surface area (Å²) >= 11 is 0. The Morgan fingerprint density at radius 2 is 1.45 bits per heavy atom. The predicted octanol–water partition coefficient (Wildman–Crippen LogP) is 4.39. The molecule has 2 amide bonds. The first kappa shape index (κ1) is 19.9. The Bertz CT molecular complexity index is 957. The fourth-order valence-electron chi connectivity index (χ4n) is 2.74. The largest absolute Gasteiger partial charge is 0.494 e. The second-order valence-electron chi connectivity index (χ2n) is 6.22. The van der Waals surface area contributed by atoms with Crippen LogP contribution in [0.4, 0.5) is 17.1 Å². The number of nitrogens with one attached hydrogen (secondary N) is 3. The summed E-state index contributed by atoms with van der Waals surface area (Å²) in [5.74, 6) is 0.292. The van der Waals surface area contributed by atoms with Crippen molar-refractivity contribution in [3.8, 4) is 5.75 Å². The number of hydrogen-bond donors (Lipinski definition) is 3. The Balaban J connectivity index is 1.59. The van der Waals surface area contributed by atoms with E-state index in [-0.39, 0.29) is 18.4 Å². The van der Waals surface area contributed by atoms with E-state index in [4.69, 9.17) is 4.74 Å². The molecule has 6 heteroatoms. The van der Waals surface area contributed by atoms with Gasteiger partial charge >= 0.3 is 0 Å². The lowest BCUT2D eigenvalue weighted by Crippen LogP contribution is -2.23. The summed E-state index contributed by atoms with van der Waals surface area (Å²) in [7, 11) is 0. The van der Waals surface area contributed by atoms with Gasteiger partial charge in [0.25, 0.3) is 5.91 Å². The predicted molar refractivity (Wildman–Crippen MR) is 116 cm³/mol. The molecule has 3 aromatic rings. The highest BCUT2D eigenvalue weighted by atomic mass is 16.5. The molecule has 0 saturated heterocycles. The van der Waals surface area contributed by atoms with Crippen molar-refractivity contribution in [3.63, 3.8) is 0 Å². The number of carbonyl (C=O) groups is 2. The standard InChI is InChI=1S/C23H23N3O3/c1-2-29-19-14-12-18(13-15-19)25-22(27)16-24-21-11-7-6-10-20(21)23(28)26-17-8-4-3-5-9-17/h3-15,24H,2,16H2,1H3,(H,25,27)(H,26,28). The number of para-hydroxylation sites is 2. The Kier molecular flexibility index (Phi) is 6.84. The third-order valence-corrected chi connectivity index (χ3v) is 4.09. The molecule has 0 aliphatic carbocycles. The fraction of sp³-hybridized carbons (Fsp3) is 0.130. The van der Waals surface area contributed by atoms with Crippen molar-refractivity contribution in [1.29, 1.82) is 0 Å². The maximum Gasteiger partial charge on any atom is 0.257 e. The molecule has 3 aromatic carbocycles. The molecular formula is C23H23N3O3. The molecule has 148 valence electrons. The van der Waals surface area contributed by atoms with Crippen molar-refractivity contribution in [2.45, 2.75) is 6.92 Å². The second kappa shape index (κ2) is 9.94. The van der Waals surface area contributed by atoms with Crippen LogP contribution < -0.4 is 20.7 Å². The molecule has 3 N–H and O–H groups in total. The summed E-state index contributed by atoms with van der Waals surface area (Å²) in [6.07, 6.45) is 0. The van der Waals surface area contributed by atoms with Gasteiger partial charge in [0.15, 0.2) is 0 Å². The molecule has 0 saturated carbocycles. The van der Waals surface area contributed by atoms with Crippen LogP contribution in [-0.4, -0.2) is 25.0 Å². The minimum Gasteiger partial charge on any atom is -0.494 e. The van der Waals surface area contributed by atoms with Crippen LogP contribution in [0, 0.1) is 0 Å². The van der Waals surface area contributed by atoms with E-state index in [1.165, 1.54) is 0 Å². The van der Waals surface area contributed by atoms with Gasteiger partial charge in [-0.2, -0.15) is 0 Å². The number of carbonyl (C=O) groups excluding carboxylic acids is 2. The van der Waals surface area contributed by atoms with Gasteiger partial charge < -0.3 is 20.7 Å². The lowest BCUT2D eigenvalue weighted by atomic mass is 10.1. The highest BCUT2D eigenvalue weighted by molar-refractivity contribution is 6.08. The molecule has 6 nitrogen and oxygen atoms in total. The summed E-state index contributed by atoms with van der Waals surface area (Å²) in [6.45, 7) is 2.54. The van der Waals surface area contributed by atoms with Crippen LogP contribution in [0.15, 0.2) is 78.9 Å². The molecule has 0 aromatic heterocycles. The van der Waals surface area contributed by atoms with E-state index in [0.29, 0.717) is 29.2 Å². The van der Waals surface area contributed by atoms with Gasteiger partial charge in [-0.3, -0.25) is 9.59 Å². The topological polar surface area (TPSA) is 79.5 Å². The molecule has 0 fully saturated rings. The summed E-state index contributed by atoms with van der Waals surface area (Å²) < 4.78 is 5.39. The third kappa shape index (κ3) is 5.84. The molecule has 0 spiro atoms. The molecule has 0 radical (unpaired) electrons. The maximum atomic E-state index is 12.6. The summed E-state index contributed by atoms with van der Waals surface area (Å²) in [4.78, 5) is 24.9. The lowest BCUT2D eigenvalue weighted by molar-refractivity contribution is -0.114. The van der Waals surface area contributed by atoms with Crippen LogP contribution in [0.25, 0.3) is 0 Å². The van der Waals surface area contributed by atoms with Crippen molar-refractivity contribution in [3.05, 3.63) is 84.4 Å². The van der Waals surface area contributed by atoms with Crippen LogP contribution in [-0.2, 0) is 4.79 Å². The van der Waals surface area contributed by atoms with Gasteiger partial charge in [0.1, 0.15) is 5.75 Å². The molecule has 29 heavy (non-hydrogen) atoms. The highest BCUT2D eigenvalue weighted by Gasteiger charge is 2.12. The van der Waals surface area contributed by atoms with Crippen LogP contribution in [0.1, 0.15) is 17.3 Å². The van der Waals surface area contributed by atoms with Gasteiger partial charge in [0, 0.05) is 17.1 Å². The van der Waals surface area contributed by atoms with Gasteiger partial charge in [-0.15, -0.1) is 0 Å². The Labute approximate surface area is 169 Å². The molecule has 0 aliphatic rings. The number of ether oxygens (including phenoxy) is 1. The molecule has 0 aliphatic heterocycles. The van der Waals surface area contributed by atoms with E-state index in [1.54, 1.807) is 42.5 Å². The maximum absolute atomic E-state index is 12.6. The van der Waals surface area contributed by atoms with Gasteiger partial charge in [0.05, 0.1) is 18.7 Å². The van der Waals surface area contributed by atoms with Crippen molar-refractivity contribution in [2.24, 2.45) is 0 Å². The molecule has 0 heterocycles.